The van der Waals surface area contributed by atoms with E-state index in [1.54, 1.807) is 4.68 Å². The van der Waals surface area contributed by atoms with Gasteiger partial charge in [0, 0.05) is 42.0 Å². The molecule has 0 atom stereocenters. The molecule has 1 fully saturated rings. The van der Waals surface area contributed by atoms with Gasteiger partial charge in [0.15, 0.2) is 11.5 Å². The highest BCUT2D eigenvalue weighted by atomic mass is 16.6. The van der Waals surface area contributed by atoms with Crippen LogP contribution in [0, 0.1) is 12.8 Å². The van der Waals surface area contributed by atoms with E-state index in [0.717, 1.165) is 36.2 Å². The van der Waals surface area contributed by atoms with Gasteiger partial charge in [0.1, 0.15) is 19.0 Å². The monoisotopic (exact) mass is 622 g/mol. The molecule has 10 nitrogen and oxygen atoms in total. The first-order valence-corrected chi connectivity index (χ1v) is 15.9. The van der Waals surface area contributed by atoms with E-state index in [4.69, 9.17) is 14.6 Å². The number of ether oxygens (including phenoxy) is 2. The van der Waals surface area contributed by atoms with Crippen molar-refractivity contribution in [3.63, 3.8) is 0 Å². The largest absolute Gasteiger partial charge is 0.486 e. The number of urea groups is 2. The van der Waals surface area contributed by atoms with Gasteiger partial charge in [0.25, 0.3) is 0 Å². The van der Waals surface area contributed by atoms with E-state index in [1.165, 1.54) is 5.56 Å². The van der Waals surface area contributed by atoms with E-state index in [0.29, 0.717) is 60.9 Å². The Labute approximate surface area is 270 Å². The third-order valence-corrected chi connectivity index (χ3v) is 8.43. The Morgan fingerprint density at radius 1 is 0.826 bits per heavy atom. The fraction of sp³-hybridized carbons (Fsp3) is 0.361. The number of nitrogens with zero attached hydrogens (tertiary/aromatic N) is 3. The second kappa shape index (κ2) is 13.2. The third kappa shape index (κ3) is 7.44. The SMILES string of the molecule is Cc1ccc(-n2nc(C(C)(C)C)cc2NC(=O)Nc2ccc(CC3CCN(C(=O)Nc4ccc5c(c4)OCCO5)CC3)cc2)cc1. The van der Waals surface area contributed by atoms with Gasteiger partial charge in [0.05, 0.1) is 11.4 Å². The highest BCUT2D eigenvalue weighted by Crippen LogP contribution is 2.33. The van der Waals surface area contributed by atoms with E-state index >= 15 is 0 Å². The molecule has 2 aliphatic heterocycles. The van der Waals surface area contributed by atoms with Gasteiger partial charge in [-0.2, -0.15) is 5.10 Å². The van der Waals surface area contributed by atoms with Gasteiger partial charge in [-0.3, -0.25) is 5.32 Å². The zero-order valence-corrected chi connectivity index (χ0v) is 26.9. The summed E-state index contributed by atoms with van der Waals surface area (Å²) >= 11 is 0. The maximum absolute atomic E-state index is 13.0. The van der Waals surface area contributed by atoms with Crippen molar-refractivity contribution in [1.29, 1.82) is 0 Å². The van der Waals surface area contributed by atoms with Crippen molar-refractivity contribution in [2.75, 3.05) is 42.3 Å². The van der Waals surface area contributed by atoms with E-state index in [2.05, 4.69) is 48.9 Å². The number of aryl methyl sites for hydroxylation is 1. The lowest BCUT2D eigenvalue weighted by atomic mass is 9.90. The lowest BCUT2D eigenvalue weighted by Crippen LogP contribution is -2.41. The Morgan fingerprint density at radius 2 is 1.50 bits per heavy atom. The predicted octanol–water partition coefficient (Wildman–Crippen LogP) is 7.38. The zero-order valence-electron chi connectivity index (χ0n) is 26.9. The molecule has 3 heterocycles. The number of hydrogen-bond donors (Lipinski definition) is 3. The number of nitrogens with one attached hydrogen (secondary N) is 3. The fourth-order valence-corrected chi connectivity index (χ4v) is 5.72. The number of carbonyl (C=O) groups excluding carboxylic acids is 2. The Kier molecular flexibility index (Phi) is 8.87. The third-order valence-electron chi connectivity index (χ3n) is 8.43. The first-order chi connectivity index (χ1) is 22.1. The van der Waals surface area contributed by atoms with Crippen LogP contribution in [0.3, 0.4) is 0 Å². The summed E-state index contributed by atoms with van der Waals surface area (Å²) in [5, 5.41) is 13.7. The summed E-state index contributed by atoms with van der Waals surface area (Å²) in [6, 6.07) is 23.0. The molecule has 0 aliphatic carbocycles. The molecule has 3 N–H and O–H groups in total. The van der Waals surface area contributed by atoms with Gasteiger partial charge in [-0.15, -0.1) is 0 Å². The summed E-state index contributed by atoms with van der Waals surface area (Å²) in [4.78, 5) is 27.8. The van der Waals surface area contributed by atoms with Crippen molar-refractivity contribution in [1.82, 2.24) is 14.7 Å². The summed E-state index contributed by atoms with van der Waals surface area (Å²) in [5.41, 5.74) is 5.37. The summed E-state index contributed by atoms with van der Waals surface area (Å²) in [5.74, 6) is 2.45. The van der Waals surface area contributed by atoms with Gasteiger partial charge in [-0.1, -0.05) is 50.6 Å². The molecule has 10 heteroatoms. The number of hydrogen-bond acceptors (Lipinski definition) is 5. The Bertz CT molecular complexity index is 1680. The highest BCUT2D eigenvalue weighted by molar-refractivity contribution is 5.99. The molecule has 0 unspecified atom stereocenters. The average molecular weight is 623 g/mol. The van der Waals surface area contributed by atoms with Gasteiger partial charge in [-0.25, -0.2) is 14.3 Å². The summed E-state index contributed by atoms with van der Waals surface area (Å²) in [6.07, 6.45) is 2.79. The first kappa shape index (κ1) is 31.0. The number of piperidine rings is 1. The highest BCUT2D eigenvalue weighted by Gasteiger charge is 2.24. The molecule has 1 saturated heterocycles. The smallest absolute Gasteiger partial charge is 0.324 e. The summed E-state index contributed by atoms with van der Waals surface area (Å²) in [6.45, 7) is 10.8. The van der Waals surface area contributed by atoms with Crippen molar-refractivity contribution in [3.8, 4) is 17.2 Å². The van der Waals surface area contributed by atoms with Crippen molar-refractivity contribution in [2.24, 2.45) is 5.92 Å². The molecule has 4 amide bonds. The topological polar surface area (TPSA) is 110 Å². The minimum atomic E-state index is -0.330. The molecule has 1 aromatic heterocycles. The number of likely N-dealkylation sites (tertiary alicyclic amines) is 1. The van der Waals surface area contributed by atoms with Crippen molar-refractivity contribution in [3.05, 3.63) is 89.6 Å². The molecule has 0 bridgehead atoms. The Hall–Kier alpha value is -4.99. The molecule has 46 heavy (non-hydrogen) atoms. The van der Waals surface area contributed by atoms with Crippen LogP contribution in [0.4, 0.5) is 26.8 Å². The van der Waals surface area contributed by atoms with Crippen LogP contribution in [0.2, 0.25) is 0 Å². The van der Waals surface area contributed by atoms with Gasteiger partial charge >= 0.3 is 12.1 Å². The van der Waals surface area contributed by atoms with Crippen LogP contribution < -0.4 is 25.4 Å². The van der Waals surface area contributed by atoms with Crippen LogP contribution in [0.5, 0.6) is 11.5 Å². The summed E-state index contributed by atoms with van der Waals surface area (Å²) in [7, 11) is 0. The van der Waals surface area contributed by atoms with E-state index < -0.39 is 0 Å². The minimum Gasteiger partial charge on any atom is -0.486 e. The second-order valence-electron chi connectivity index (χ2n) is 13.1. The zero-order chi connectivity index (χ0) is 32.3. The van der Waals surface area contributed by atoms with Crippen LogP contribution in [-0.4, -0.2) is 53.0 Å². The van der Waals surface area contributed by atoms with Gasteiger partial charge in [-0.05, 0) is 74.1 Å². The van der Waals surface area contributed by atoms with Crippen LogP contribution in [0.1, 0.15) is 50.4 Å². The molecular weight excluding hydrogens is 580 g/mol. The number of fused-ring (bicyclic) bond motifs is 1. The first-order valence-electron chi connectivity index (χ1n) is 15.9. The Balaban J connectivity index is 0.996. The van der Waals surface area contributed by atoms with Crippen LogP contribution in [0.25, 0.3) is 5.69 Å². The number of benzene rings is 3. The molecular formula is C36H42N6O4. The van der Waals surface area contributed by atoms with Crippen LogP contribution in [0.15, 0.2) is 72.8 Å². The summed E-state index contributed by atoms with van der Waals surface area (Å²) < 4.78 is 13.0. The minimum absolute atomic E-state index is 0.0969. The lowest BCUT2D eigenvalue weighted by Gasteiger charge is -2.32. The molecule has 3 aromatic carbocycles. The van der Waals surface area contributed by atoms with Crippen LogP contribution >= 0.6 is 0 Å². The van der Waals surface area contributed by atoms with Crippen molar-refractivity contribution < 1.29 is 19.1 Å². The fourth-order valence-electron chi connectivity index (χ4n) is 5.72. The molecule has 0 saturated carbocycles. The van der Waals surface area contributed by atoms with E-state index in [-0.39, 0.29) is 17.5 Å². The molecule has 240 valence electrons. The quantitative estimate of drug-likeness (QED) is 0.208. The molecule has 0 radical (unpaired) electrons. The van der Waals surface area contributed by atoms with Gasteiger partial charge in [0.2, 0.25) is 0 Å². The second-order valence-corrected chi connectivity index (χ2v) is 13.1. The van der Waals surface area contributed by atoms with E-state index in [1.807, 2.05) is 72.5 Å². The normalized spacial score (nSPS) is 14.9. The van der Waals surface area contributed by atoms with Crippen LogP contribution in [-0.2, 0) is 11.8 Å². The van der Waals surface area contributed by atoms with Gasteiger partial charge < -0.3 is 25.0 Å². The standard InChI is InChI=1S/C36H42N6O4/c1-24-5-12-29(13-6-24)42-33(23-32(40-42)36(2,3)4)39-34(43)37-27-9-7-25(8-10-27)21-26-15-17-41(18-16-26)35(44)38-28-11-14-30-31(22-28)46-20-19-45-30/h5-14,22-23,26H,15-21H2,1-4H3,(H,38,44)(H2,37,39,43). The Morgan fingerprint density at radius 3 is 2.20 bits per heavy atom. The lowest BCUT2D eigenvalue weighted by molar-refractivity contribution is 0.171. The van der Waals surface area contributed by atoms with Crippen molar-refractivity contribution in [2.45, 2.75) is 52.4 Å². The predicted molar refractivity (Wildman–Crippen MR) is 181 cm³/mol. The number of anilines is 3. The number of rotatable bonds is 6. The molecule has 0 spiro atoms. The average Bonchev–Trinajstić information content (AvgIpc) is 3.47. The van der Waals surface area contributed by atoms with E-state index in [9.17, 15) is 9.59 Å². The maximum Gasteiger partial charge on any atom is 0.324 e. The molecule has 4 aromatic rings. The number of carbonyl (C=O) groups is 2. The van der Waals surface area contributed by atoms with Crippen molar-refractivity contribution >= 4 is 29.3 Å². The molecule has 6 rings (SSSR count). The maximum atomic E-state index is 13.0. The molecule has 2 aliphatic rings. The number of amides is 4. The number of aromatic nitrogens is 2.